The van der Waals surface area contributed by atoms with Gasteiger partial charge in [-0.25, -0.2) is 11.0 Å². The van der Waals surface area contributed by atoms with Crippen LogP contribution in [0, 0.1) is 12.4 Å². The van der Waals surface area contributed by atoms with Gasteiger partial charge in [-0.05, 0) is 74.4 Å². The molecule has 3 aliphatic heterocycles. The number of nitrogens with zero attached hydrogens (tertiary/aromatic N) is 6. The molecule has 0 bridgehead atoms. The van der Waals surface area contributed by atoms with Gasteiger partial charge in [-0.1, -0.05) is 30.3 Å². The number of ether oxygens (including phenoxy) is 1. The van der Waals surface area contributed by atoms with Crippen LogP contribution in [0.2, 0.25) is 5.02 Å². The van der Waals surface area contributed by atoms with E-state index < -0.39 is 5.82 Å². The molecule has 2 atom stereocenters. The number of amides is 1. The van der Waals surface area contributed by atoms with Gasteiger partial charge in [0, 0.05) is 41.5 Å². The number of thioether (sulfide) groups is 1. The molecule has 6 rings (SSSR count). The number of hydrogen-bond donors (Lipinski definition) is 0. The molecule has 0 aliphatic carbocycles. The highest BCUT2D eigenvalue weighted by Crippen LogP contribution is 2.43. The van der Waals surface area contributed by atoms with Crippen molar-refractivity contribution < 1.29 is 13.9 Å². The Hall–Kier alpha value is -3.39. The Bertz CT molecular complexity index is 1610. The minimum atomic E-state index is -0.504. The second kappa shape index (κ2) is 12.7. The smallest absolute Gasteiger partial charge is 0.319 e. The minimum Gasteiger partial charge on any atom is -0.462 e. The normalized spacial score (nSPS) is 20.6. The number of carbonyl (C=O) groups is 1. The van der Waals surface area contributed by atoms with E-state index in [1.807, 2.05) is 17.0 Å². The second-order valence-electron chi connectivity index (χ2n) is 11.3. The summed E-state index contributed by atoms with van der Waals surface area (Å²) in [6.07, 6.45) is 5.27. The van der Waals surface area contributed by atoms with Crippen LogP contribution in [0.4, 0.5) is 10.2 Å². The molecule has 0 unspecified atom stereocenters. The number of rotatable bonds is 7. The number of anilines is 1. The zero-order valence-electron chi connectivity index (χ0n) is 24.2. The molecule has 8 nitrogen and oxygen atoms in total. The first-order valence-corrected chi connectivity index (χ1v) is 16.0. The fourth-order valence-electron chi connectivity index (χ4n) is 6.41. The van der Waals surface area contributed by atoms with E-state index in [-0.39, 0.29) is 36.1 Å². The largest absolute Gasteiger partial charge is 0.462 e. The number of likely N-dealkylation sites (tertiary alicyclic amines) is 1. The SMILES string of the molecule is [C-]#[N+]C[C@H]1CN(c2nc(OC[C@@H]3CCCN3C)nc3c(F)c(-c4cccc5c4CCCS5)c(Cl)cc23)CCN1C(=O)C=C. The number of fused-ring (bicyclic) bond motifs is 2. The zero-order chi connectivity index (χ0) is 30.1. The fourth-order valence-corrected chi connectivity index (χ4v) is 7.78. The van der Waals surface area contributed by atoms with Gasteiger partial charge in [0.25, 0.3) is 0 Å². The van der Waals surface area contributed by atoms with Crippen molar-refractivity contribution in [2.75, 3.05) is 57.0 Å². The van der Waals surface area contributed by atoms with E-state index in [4.69, 9.17) is 27.9 Å². The van der Waals surface area contributed by atoms with Crippen molar-refractivity contribution in [3.05, 3.63) is 64.7 Å². The third-order valence-corrected chi connectivity index (χ3v) is 10.2. The first-order valence-electron chi connectivity index (χ1n) is 14.7. The maximum Gasteiger partial charge on any atom is 0.319 e. The van der Waals surface area contributed by atoms with Gasteiger partial charge in [0.05, 0.1) is 5.02 Å². The van der Waals surface area contributed by atoms with Crippen LogP contribution < -0.4 is 9.64 Å². The van der Waals surface area contributed by atoms with E-state index in [2.05, 4.69) is 34.4 Å². The van der Waals surface area contributed by atoms with E-state index >= 15 is 4.39 Å². The summed E-state index contributed by atoms with van der Waals surface area (Å²) < 4.78 is 22.9. The van der Waals surface area contributed by atoms with Crippen LogP contribution in [0.25, 0.3) is 26.9 Å². The molecule has 0 N–H and O–H groups in total. The fraction of sp³-hybridized carbons (Fsp3) is 0.438. The Morgan fingerprint density at radius 3 is 2.91 bits per heavy atom. The van der Waals surface area contributed by atoms with Gasteiger partial charge >= 0.3 is 6.01 Å². The zero-order valence-corrected chi connectivity index (χ0v) is 25.8. The van der Waals surface area contributed by atoms with Crippen molar-refractivity contribution in [3.8, 4) is 17.1 Å². The highest BCUT2D eigenvalue weighted by molar-refractivity contribution is 7.99. The topological polar surface area (TPSA) is 66.2 Å². The van der Waals surface area contributed by atoms with Gasteiger partial charge in [0.1, 0.15) is 24.0 Å². The molecule has 2 saturated heterocycles. The predicted molar refractivity (Wildman–Crippen MR) is 170 cm³/mol. The van der Waals surface area contributed by atoms with Gasteiger partial charge in [0.15, 0.2) is 5.82 Å². The third-order valence-electron chi connectivity index (χ3n) is 8.69. The van der Waals surface area contributed by atoms with Crippen molar-refractivity contribution in [2.45, 2.75) is 42.7 Å². The monoisotopic (exact) mass is 620 g/mol. The van der Waals surface area contributed by atoms with Crippen LogP contribution in [0.5, 0.6) is 6.01 Å². The van der Waals surface area contributed by atoms with Gasteiger partial charge in [-0.15, -0.1) is 11.8 Å². The van der Waals surface area contributed by atoms with Gasteiger partial charge in [0.2, 0.25) is 12.5 Å². The lowest BCUT2D eigenvalue weighted by Crippen LogP contribution is -2.56. The van der Waals surface area contributed by atoms with E-state index in [1.165, 1.54) is 6.08 Å². The average Bonchev–Trinajstić information content (AvgIpc) is 3.44. The number of likely N-dealkylation sites (N-methyl/N-ethyl adjacent to an activating group) is 1. The van der Waals surface area contributed by atoms with Gasteiger partial charge in [-0.2, -0.15) is 9.97 Å². The standard InChI is InChI=1S/C32H34ClFN6O2S/c1-4-27(41)40-14-13-39(18-21(40)17-35-2)31-24-16-25(33)28(23-9-5-11-26-22(23)10-7-15-43-26)29(34)30(24)36-32(37-31)42-19-20-8-6-12-38(20)3/h4-5,9,11,16,20-21H,1,6-8,10,12-15,17-19H2,3H3/t20-,21-/m0/s1. The molecule has 0 saturated carbocycles. The van der Waals surface area contributed by atoms with Crippen LogP contribution in [-0.4, -0.2) is 89.9 Å². The second-order valence-corrected chi connectivity index (χ2v) is 12.8. The van der Waals surface area contributed by atoms with Gasteiger partial charge in [-0.3, -0.25) is 4.79 Å². The molecule has 3 aliphatic rings. The summed E-state index contributed by atoms with van der Waals surface area (Å²) >= 11 is 8.69. The van der Waals surface area contributed by atoms with Crippen LogP contribution >= 0.6 is 23.4 Å². The van der Waals surface area contributed by atoms with Crippen molar-refractivity contribution in [2.24, 2.45) is 0 Å². The summed E-state index contributed by atoms with van der Waals surface area (Å²) in [7, 11) is 2.07. The number of hydrogen-bond acceptors (Lipinski definition) is 7. The molecule has 0 radical (unpaired) electrons. The van der Waals surface area contributed by atoms with Crippen molar-refractivity contribution >= 4 is 46.0 Å². The maximum atomic E-state index is 16.8. The lowest BCUT2D eigenvalue weighted by molar-refractivity contribution is -0.128. The quantitative estimate of drug-likeness (QED) is 0.247. The summed E-state index contributed by atoms with van der Waals surface area (Å²) in [5, 5.41) is 0.763. The first-order chi connectivity index (χ1) is 20.9. The van der Waals surface area contributed by atoms with Crippen LogP contribution in [0.15, 0.2) is 41.8 Å². The number of benzene rings is 2. The lowest BCUT2D eigenvalue weighted by atomic mass is 9.95. The van der Waals surface area contributed by atoms with Crippen molar-refractivity contribution in [1.29, 1.82) is 0 Å². The van der Waals surface area contributed by atoms with E-state index in [0.717, 1.165) is 54.0 Å². The molecule has 0 spiro atoms. The van der Waals surface area contributed by atoms with Crippen LogP contribution in [0.3, 0.4) is 0 Å². The summed E-state index contributed by atoms with van der Waals surface area (Å²) in [6, 6.07) is 7.68. The molecule has 4 heterocycles. The number of aromatic nitrogens is 2. The lowest BCUT2D eigenvalue weighted by Gasteiger charge is -2.39. The molecular weight excluding hydrogens is 587 g/mol. The number of halogens is 2. The highest BCUT2D eigenvalue weighted by atomic mass is 35.5. The van der Waals surface area contributed by atoms with E-state index in [0.29, 0.717) is 48.0 Å². The number of carbonyl (C=O) groups excluding carboxylic acids is 1. The summed E-state index contributed by atoms with van der Waals surface area (Å²) in [4.78, 5) is 32.6. The molecule has 3 aromatic rings. The Morgan fingerprint density at radius 2 is 2.14 bits per heavy atom. The molecule has 43 heavy (non-hydrogen) atoms. The Kier molecular flexibility index (Phi) is 8.75. The maximum absolute atomic E-state index is 16.8. The molecule has 2 aromatic carbocycles. The van der Waals surface area contributed by atoms with E-state index in [9.17, 15) is 4.79 Å². The summed E-state index contributed by atoms with van der Waals surface area (Å²) in [6.45, 7) is 13.8. The average molecular weight is 621 g/mol. The molecular formula is C32H34ClFN6O2S. The molecule has 224 valence electrons. The Morgan fingerprint density at radius 1 is 1.28 bits per heavy atom. The molecule has 11 heteroatoms. The Balaban J connectivity index is 1.46. The summed E-state index contributed by atoms with van der Waals surface area (Å²) in [5.74, 6) is 0.807. The van der Waals surface area contributed by atoms with Gasteiger partial charge < -0.3 is 24.3 Å². The predicted octanol–water partition coefficient (Wildman–Crippen LogP) is 5.72. The Labute approximate surface area is 260 Å². The molecule has 1 aromatic heterocycles. The van der Waals surface area contributed by atoms with E-state index in [1.54, 1.807) is 22.7 Å². The van der Waals surface area contributed by atoms with Crippen LogP contribution in [-0.2, 0) is 11.2 Å². The third kappa shape index (κ3) is 5.78. The number of piperazine rings is 1. The molecule has 2 fully saturated rings. The molecule has 1 amide bonds. The van der Waals surface area contributed by atoms with Crippen LogP contribution in [0.1, 0.15) is 24.8 Å². The van der Waals surface area contributed by atoms with Crippen molar-refractivity contribution in [3.63, 3.8) is 0 Å². The highest BCUT2D eigenvalue weighted by Gasteiger charge is 2.34. The van der Waals surface area contributed by atoms with Crippen molar-refractivity contribution in [1.82, 2.24) is 19.8 Å². The minimum absolute atomic E-state index is 0.104. The first kappa shape index (κ1) is 29.7. The summed E-state index contributed by atoms with van der Waals surface area (Å²) in [5.41, 5.74) is 2.38.